The molecule has 38 heavy (non-hydrogen) atoms. The van der Waals surface area contributed by atoms with Crippen LogP contribution >= 0.6 is 11.8 Å². The van der Waals surface area contributed by atoms with Crippen molar-refractivity contribution in [3.8, 4) is 0 Å². The number of nitrogens with zero attached hydrogens (tertiary/aromatic N) is 1. The lowest BCUT2D eigenvalue weighted by molar-refractivity contribution is -0.899. The van der Waals surface area contributed by atoms with Crippen LogP contribution < -0.4 is 5.73 Å². The van der Waals surface area contributed by atoms with Gasteiger partial charge in [0.15, 0.2) is 0 Å². The quantitative estimate of drug-likeness (QED) is 0.174. The Labute approximate surface area is 232 Å². The monoisotopic (exact) mass is 541 g/mol. The van der Waals surface area contributed by atoms with Gasteiger partial charge in [-0.25, -0.2) is 8.78 Å². The Hall–Kier alpha value is -2.70. The fourth-order valence-electron chi connectivity index (χ4n) is 5.51. The summed E-state index contributed by atoms with van der Waals surface area (Å²) in [5.41, 5.74) is 7.20. The van der Waals surface area contributed by atoms with Gasteiger partial charge in [-0.2, -0.15) is 0 Å². The van der Waals surface area contributed by atoms with Crippen molar-refractivity contribution in [2.45, 2.75) is 50.8 Å². The second-order valence-electron chi connectivity index (χ2n) is 9.45. The van der Waals surface area contributed by atoms with Gasteiger partial charge in [-0.05, 0) is 23.3 Å². The largest absolute Gasteiger partial charge is 0.369 e. The van der Waals surface area contributed by atoms with Crippen molar-refractivity contribution in [2.24, 2.45) is 11.7 Å². The summed E-state index contributed by atoms with van der Waals surface area (Å²) in [6.45, 7) is 10.7. The Kier molecular flexibility index (Phi) is 12.5. The van der Waals surface area contributed by atoms with Crippen LogP contribution in [-0.2, 0) is 10.2 Å². The van der Waals surface area contributed by atoms with Crippen LogP contribution in [-0.4, -0.2) is 42.8 Å². The molecule has 206 valence electrons. The van der Waals surface area contributed by atoms with E-state index in [1.807, 2.05) is 88.4 Å². The van der Waals surface area contributed by atoms with E-state index in [9.17, 15) is 13.6 Å². The van der Waals surface area contributed by atoms with Crippen LogP contribution in [0, 0.1) is 17.6 Å². The van der Waals surface area contributed by atoms with Gasteiger partial charge in [-0.15, -0.1) is 11.8 Å². The molecule has 2 N–H and O–H groups in total. The topological polar surface area (TPSA) is 43.1 Å². The summed E-state index contributed by atoms with van der Waals surface area (Å²) < 4.78 is 27.7. The zero-order chi connectivity index (χ0) is 28.2. The third kappa shape index (κ3) is 7.45. The zero-order valence-electron chi connectivity index (χ0n) is 23.4. The van der Waals surface area contributed by atoms with Crippen molar-refractivity contribution in [3.63, 3.8) is 0 Å². The number of carbonyl (C=O) groups excluding carboxylic acids is 1. The van der Waals surface area contributed by atoms with Crippen molar-refractivity contribution in [1.82, 2.24) is 0 Å². The average Bonchev–Trinajstić information content (AvgIpc) is 3.32. The fourth-order valence-corrected chi connectivity index (χ4v) is 6.41. The summed E-state index contributed by atoms with van der Waals surface area (Å²) >= 11 is 1.47. The molecule has 1 amide bonds. The summed E-state index contributed by atoms with van der Waals surface area (Å²) in [4.78, 5) is 13.9. The number of rotatable bonds is 9. The van der Waals surface area contributed by atoms with Crippen LogP contribution in [0.5, 0.6) is 0 Å². The van der Waals surface area contributed by atoms with E-state index in [2.05, 4.69) is 7.05 Å². The lowest BCUT2D eigenvalue weighted by atomic mass is 9.64. The van der Waals surface area contributed by atoms with Crippen molar-refractivity contribution in [3.05, 3.63) is 102 Å². The smallest absolute Gasteiger partial charge is 0.233 e. The van der Waals surface area contributed by atoms with Crippen LogP contribution in [0.4, 0.5) is 8.78 Å². The maximum atomic E-state index is 13.4. The molecule has 0 spiro atoms. The predicted octanol–water partition coefficient (Wildman–Crippen LogP) is 7.44. The van der Waals surface area contributed by atoms with E-state index in [0.29, 0.717) is 4.90 Å². The average molecular weight is 542 g/mol. The van der Waals surface area contributed by atoms with Gasteiger partial charge in [0.05, 0.1) is 26.7 Å². The Morgan fingerprint density at radius 3 is 1.89 bits per heavy atom. The number of hydrogen-bond donors (Lipinski definition) is 1. The number of quaternary nitrogens is 1. The number of likely N-dealkylation sites (tertiary alicyclic amines) is 1. The highest BCUT2D eigenvalue weighted by atomic mass is 32.2. The van der Waals surface area contributed by atoms with Gasteiger partial charge in [0, 0.05) is 35.5 Å². The number of halogens is 2. The van der Waals surface area contributed by atoms with E-state index in [-0.39, 0.29) is 11.8 Å². The van der Waals surface area contributed by atoms with Gasteiger partial charge >= 0.3 is 0 Å². The summed E-state index contributed by atoms with van der Waals surface area (Å²) in [6.07, 6.45) is 1.80. The zero-order valence-corrected chi connectivity index (χ0v) is 24.2. The molecule has 0 bridgehead atoms. The highest BCUT2D eigenvalue weighted by Crippen LogP contribution is 2.45. The molecule has 3 aromatic rings. The van der Waals surface area contributed by atoms with Gasteiger partial charge in [0.25, 0.3) is 0 Å². The van der Waals surface area contributed by atoms with Crippen LogP contribution in [0.15, 0.2) is 83.8 Å². The number of amides is 1. The third-order valence-electron chi connectivity index (χ3n) is 7.08. The van der Waals surface area contributed by atoms with Crippen molar-refractivity contribution in [1.29, 1.82) is 0 Å². The molecule has 1 saturated heterocycles. The van der Waals surface area contributed by atoms with Crippen LogP contribution in [0.1, 0.15) is 51.7 Å². The Morgan fingerprint density at radius 1 is 0.921 bits per heavy atom. The molecule has 1 heterocycles. The Morgan fingerprint density at radius 2 is 1.42 bits per heavy atom. The molecule has 1 aliphatic heterocycles. The molecule has 0 saturated carbocycles. The number of nitrogens with two attached hydrogens (primary N) is 1. The Bertz CT molecular complexity index is 1070. The first-order valence-electron chi connectivity index (χ1n) is 13.7. The summed E-state index contributed by atoms with van der Waals surface area (Å²) in [7, 11) is 2.23. The van der Waals surface area contributed by atoms with E-state index in [4.69, 9.17) is 5.73 Å². The highest BCUT2D eigenvalue weighted by Gasteiger charge is 2.53. The minimum Gasteiger partial charge on any atom is -0.369 e. The molecule has 1 aliphatic rings. The SMILES string of the molecule is CC.CC.C[N+]1(CCCSc2cc(F)cc(F)c2)CCC(C(C(N)=O)(c2ccccc2)c2ccccc2)C1. The molecular formula is C32H43F2N2OS+. The van der Waals surface area contributed by atoms with Gasteiger partial charge in [-0.1, -0.05) is 88.4 Å². The van der Waals surface area contributed by atoms with Crippen molar-refractivity contribution in [2.75, 3.05) is 32.4 Å². The van der Waals surface area contributed by atoms with Gasteiger partial charge < -0.3 is 10.2 Å². The van der Waals surface area contributed by atoms with Crippen molar-refractivity contribution >= 4 is 17.7 Å². The van der Waals surface area contributed by atoms with Gasteiger partial charge in [0.2, 0.25) is 5.91 Å². The van der Waals surface area contributed by atoms with Crippen LogP contribution in [0.3, 0.4) is 0 Å². The van der Waals surface area contributed by atoms with E-state index in [0.717, 1.165) is 59.9 Å². The number of primary amides is 1. The summed E-state index contributed by atoms with van der Waals surface area (Å²) in [6, 6.07) is 23.4. The molecule has 2 atom stereocenters. The van der Waals surface area contributed by atoms with Gasteiger partial charge in [-0.3, -0.25) is 4.79 Å². The molecule has 2 unspecified atom stereocenters. The maximum absolute atomic E-state index is 13.4. The predicted molar refractivity (Wildman–Crippen MR) is 156 cm³/mol. The minimum atomic E-state index is -0.883. The van der Waals surface area contributed by atoms with Crippen LogP contribution in [0.25, 0.3) is 0 Å². The summed E-state index contributed by atoms with van der Waals surface area (Å²) in [5.74, 6) is -0.557. The molecule has 3 aromatic carbocycles. The second kappa shape index (κ2) is 15.0. The second-order valence-corrected chi connectivity index (χ2v) is 10.6. The van der Waals surface area contributed by atoms with E-state index < -0.39 is 17.0 Å². The van der Waals surface area contributed by atoms with Gasteiger partial charge in [0.1, 0.15) is 17.0 Å². The molecule has 1 fully saturated rings. The molecule has 3 nitrogen and oxygen atoms in total. The molecule has 0 aliphatic carbocycles. The summed E-state index contributed by atoms with van der Waals surface area (Å²) in [5, 5.41) is 0. The van der Waals surface area contributed by atoms with E-state index in [1.54, 1.807) is 0 Å². The number of thioether (sulfide) groups is 1. The Balaban J connectivity index is 0.00000121. The number of benzene rings is 3. The molecule has 6 heteroatoms. The minimum absolute atomic E-state index is 0.0739. The number of hydrogen-bond acceptors (Lipinski definition) is 2. The fraction of sp³-hybridized carbons (Fsp3) is 0.406. The first kappa shape index (κ1) is 31.5. The normalized spacial score (nSPS) is 18.6. The molecule has 0 aromatic heterocycles. The maximum Gasteiger partial charge on any atom is 0.233 e. The van der Waals surface area contributed by atoms with Crippen molar-refractivity contribution < 1.29 is 18.1 Å². The lowest BCUT2D eigenvalue weighted by Crippen LogP contribution is -2.51. The van der Waals surface area contributed by atoms with Crippen LogP contribution in [0.2, 0.25) is 0 Å². The highest BCUT2D eigenvalue weighted by molar-refractivity contribution is 7.99. The molecular weight excluding hydrogens is 498 g/mol. The van der Waals surface area contributed by atoms with E-state index in [1.165, 1.54) is 23.9 Å². The molecule has 0 radical (unpaired) electrons. The first-order chi connectivity index (χ1) is 18.3. The first-order valence-corrected chi connectivity index (χ1v) is 14.7. The number of carbonyl (C=O) groups is 1. The molecule has 4 rings (SSSR count). The lowest BCUT2D eigenvalue weighted by Gasteiger charge is -2.38. The van der Waals surface area contributed by atoms with E-state index >= 15 is 0 Å². The standard InChI is InChI=1S/C28H30F2N2OS.2C2H6/c1-32(14-8-16-34-26-18-24(29)17-25(30)19-26)15-13-23(20-32)28(27(31)33,21-9-4-2-5-10-21)22-11-6-3-7-12-22;2*1-2/h2-7,9-12,17-19,23H,8,13-16,20H2,1H3,(H-,31,33);2*1-2H3/p+1. The third-order valence-corrected chi connectivity index (χ3v) is 8.15.